The predicted octanol–water partition coefficient (Wildman–Crippen LogP) is 3.95. The highest BCUT2D eigenvalue weighted by Crippen LogP contribution is 2.29. The number of fused-ring (bicyclic) bond motifs is 3. The molecule has 166 valence electrons. The van der Waals surface area contributed by atoms with Crippen LogP contribution in [0.2, 0.25) is 5.02 Å². The van der Waals surface area contributed by atoms with E-state index in [-0.39, 0.29) is 6.54 Å². The number of aryl methyl sites for hydroxylation is 2. The zero-order valence-corrected chi connectivity index (χ0v) is 18.5. The zero-order valence-electron chi connectivity index (χ0n) is 17.7. The average molecular weight is 454 g/mol. The molecule has 2 N–H and O–H groups in total. The smallest absolute Gasteiger partial charge is 0.338 e. The third-order valence-corrected chi connectivity index (χ3v) is 5.94. The molecule has 3 aromatic rings. The van der Waals surface area contributed by atoms with Gasteiger partial charge in [0.15, 0.2) is 6.61 Å². The Morgan fingerprint density at radius 2 is 1.91 bits per heavy atom. The molecule has 1 aliphatic carbocycles. The summed E-state index contributed by atoms with van der Waals surface area (Å²) >= 11 is 6.02. The third kappa shape index (κ3) is 4.78. The number of carbonyl (C=O) groups is 3. The van der Waals surface area contributed by atoms with Crippen molar-refractivity contribution in [1.29, 1.82) is 0 Å². The molecule has 2 amide bonds. The van der Waals surface area contributed by atoms with E-state index in [0.29, 0.717) is 16.3 Å². The van der Waals surface area contributed by atoms with E-state index in [1.165, 1.54) is 29.6 Å². The Kier molecular flexibility index (Phi) is 6.46. The minimum atomic E-state index is -0.570. The molecule has 32 heavy (non-hydrogen) atoms. The summed E-state index contributed by atoms with van der Waals surface area (Å²) in [5.74, 6) is -1.45. The Hall–Kier alpha value is -3.32. The van der Waals surface area contributed by atoms with Crippen LogP contribution in [0.5, 0.6) is 0 Å². The molecule has 4 rings (SSSR count). The lowest BCUT2D eigenvalue weighted by Gasteiger charge is -2.17. The van der Waals surface area contributed by atoms with Crippen LogP contribution in [0.15, 0.2) is 42.5 Å². The monoisotopic (exact) mass is 453 g/mol. The number of aromatic nitrogens is 1. The van der Waals surface area contributed by atoms with Crippen LogP contribution >= 0.6 is 11.6 Å². The van der Waals surface area contributed by atoms with Crippen molar-refractivity contribution in [2.24, 2.45) is 0 Å². The summed E-state index contributed by atoms with van der Waals surface area (Å²) in [4.78, 5) is 41.7. The number of anilines is 1. The SMILES string of the molecule is CN(CC(=O)Nc1ccccc1Cl)C(=O)COC(=O)c1ccc2[nH]c3c(c2c1)CCCC3. The lowest BCUT2D eigenvalue weighted by molar-refractivity contribution is -0.136. The van der Waals surface area contributed by atoms with Gasteiger partial charge in [0, 0.05) is 23.6 Å². The van der Waals surface area contributed by atoms with Crippen LogP contribution < -0.4 is 5.32 Å². The molecule has 0 saturated heterocycles. The fourth-order valence-corrected chi connectivity index (χ4v) is 4.09. The van der Waals surface area contributed by atoms with Crippen molar-refractivity contribution >= 4 is 46.0 Å². The lowest BCUT2D eigenvalue weighted by Crippen LogP contribution is -2.37. The summed E-state index contributed by atoms with van der Waals surface area (Å²) in [6.07, 6.45) is 4.32. The highest BCUT2D eigenvalue weighted by molar-refractivity contribution is 6.33. The topological polar surface area (TPSA) is 91.5 Å². The molecule has 1 aromatic heterocycles. The first-order valence-electron chi connectivity index (χ1n) is 10.5. The van der Waals surface area contributed by atoms with Gasteiger partial charge in [-0.05, 0) is 61.6 Å². The molecule has 2 aromatic carbocycles. The molecule has 0 bridgehead atoms. The molecule has 0 aliphatic heterocycles. The molecule has 0 spiro atoms. The molecule has 0 unspecified atom stereocenters. The number of H-pyrrole nitrogens is 1. The number of benzene rings is 2. The van der Waals surface area contributed by atoms with Crippen LogP contribution in [0.1, 0.15) is 34.5 Å². The number of amides is 2. The van der Waals surface area contributed by atoms with Gasteiger partial charge < -0.3 is 19.9 Å². The van der Waals surface area contributed by atoms with Crippen LogP contribution in [0.4, 0.5) is 5.69 Å². The average Bonchev–Trinajstić information content (AvgIpc) is 3.16. The van der Waals surface area contributed by atoms with Crippen molar-refractivity contribution in [3.8, 4) is 0 Å². The molecule has 1 heterocycles. The van der Waals surface area contributed by atoms with Crippen molar-refractivity contribution < 1.29 is 19.1 Å². The number of esters is 1. The van der Waals surface area contributed by atoms with E-state index in [4.69, 9.17) is 16.3 Å². The summed E-state index contributed by atoms with van der Waals surface area (Å²) in [5.41, 5.74) is 4.38. The number of nitrogens with one attached hydrogen (secondary N) is 2. The minimum Gasteiger partial charge on any atom is -0.452 e. The second-order valence-electron chi connectivity index (χ2n) is 7.90. The molecule has 1 aliphatic rings. The number of halogens is 1. The van der Waals surface area contributed by atoms with Crippen LogP contribution in [-0.4, -0.2) is 47.9 Å². The van der Waals surface area contributed by atoms with Crippen molar-refractivity contribution in [2.45, 2.75) is 25.7 Å². The fourth-order valence-electron chi connectivity index (χ4n) is 3.91. The molecule has 0 radical (unpaired) electrons. The second kappa shape index (κ2) is 9.44. The van der Waals surface area contributed by atoms with Gasteiger partial charge in [0.05, 0.1) is 22.8 Å². The number of hydrogen-bond donors (Lipinski definition) is 2. The van der Waals surface area contributed by atoms with E-state index in [0.717, 1.165) is 30.2 Å². The normalized spacial score (nSPS) is 12.8. The Morgan fingerprint density at radius 1 is 1.12 bits per heavy atom. The summed E-state index contributed by atoms with van der Waals surface area (Å²) in [5, 5.41) is 4.09. The van der Waals surface area contributed by atoms with E-state index in [9.17, 15) is 14.4 Å². The number of nitrogens with zero attached hydrogens (tertiary/aromatic N) is 1. The van der Waals surface area contributed by atoms with Crippen molar-refractivity contribution in [1.82, 2.24) is 9.88 Å². The van der Waals surface area contributed by atoms with E-state index >= 15 is 0 Å². The maximum atomic E-state index is 12.5. The van der Waals surface area contributed by atoms with Gasteiger partial charge in [0.1, 0.15) is 0 Å². The Labute approximate surface area is 190 Å². The first kappa shape index (κ1) is 21.9. The number of hydrogen-bond acceptors (Lipinski definition) is 4. The van der Waals surface area contributed by atoms with Gasteiger partial charge in [-0.1, -0.05) is 23.7 Å². The highest BCUT2D eigenvalue weighted by atomic mass is 35.5. The van der Waals surface area contributed by atoms with Gasteiger partial charge in [0.25, 0.3) is 5.91 Å². The number of rotatable bonds is 6. The molecule has 0 atom stereocenters. The van der Waals surface area contributed by atoms with Crippen molar-refractivity contribution in [3.05, 3.63) is 64.3 Å². The van der Waals surface area contributed by atoms with Crippen molar-refractivity contribution in [3.63, 3.8) is 0 Å². The number of likely N-dealkylation sites (N-methyl/N-ethyl adjacent to an activating group) is 1. The summed E-state index contributed by atoms with van der Waals surface area (Å²) < 4.78 is 5.21. The van der Waals surface area contributed by atoms with E-state index in [1.54, 1.807) is 30.3 Å². The first-order chi connectivity index (χ1) is 15.4. The Bertz CT molecular complexity index is 1190. The van der Waals surface area contributed by atoms with Crippen LogP contribution in [0.3, 0.4) is 0 Å². The van der Waals surface area contributed by atoms with E-state index in [1.807, 2.05) is 12.1 Å². The summed E-state index contributed by atoms with van der Waals surface area (Å²) in [6.45, 7) is -0.638. The number of carbonyl (C=O) groups excluding carboxylic acids is 3. The van der Waals surface area contributed by atoms with Gasteiger partial charge in [-0.2, -0.15) is 0 Å². The number of aromatic amines is 1. The van der Waals surface area contributed by atoms with Gasteiger partial charge in [-0.25, -0.2) is 4.79 Å². The second-order valence-corrected chi connectivity index (χ2v) is 8.31. The van der Waals surface area contributed by atoms with Gasteiger partial charge in [-0.3, -0.25) is 9.59 Å². The van der Waals surface area contributed by atoms with Crippen LogP contribution in [0, 0.1) is 0 Å². The molecule has 8 heteroatoms. The third-order valence-electron chi connectivity index (χ3n) is 5.61. The zero-order chi connectivity index (χ0) is 22.7. The standard InChI is InChI=1S/C24H24ClN3O4/c1-28(13-22(29)27-21-9-5-3-7-18(21)25)23(30)14-32-24(31)15-10-11-20-17(12-15)16-6-2-4-8-19(16)26-20/h3,5,7,9-12,26H,2,4,6,8,13-14H2,1H3,(H,27,29). The molecular formula is C24H24ClN3O4. The Morgan fingerprint density at radius 3 is 2.72 bits per heavy atom. The molecule has 0 saturated carbocycles. The predicted molar refractivity (Wildman–Crippen MR) is 123 cm³/mol. The molecular weight excluding hydrogens is 430 g/mol. The van der Waals surface area contributed by atoms with Gasteiger partial charge in [-0.15, -0.1) is 0 Å². The molecule has 7 nitrogen and oxygen atoms in total. The summed E-state index contributed by atoms with van der Waals surface area (Å²) in [7, 11) is 1.47. The van der Waals surface area contributed by atoms with E-state index < -0.39 is 24.4 Å². The number of ether oxygens (including phenoxy) is 1. The van der Waals surface area contributed by atoms with Gasteiger partial charge >= 0.3 is 5.97 Å². The lowest BCUT2D eigenvalue weighted by atomic mass is 9.95. The summed E-state index contributed by atoms with van der Waals surface area (Å²) in [6, 6.07) is 12.2. The van der Waals surface area contributed by atoms with E-state index in [2.05, 4.69) is 10.3 Å². The van der Waals surface area contributed by atoms with Crippen LogP contribution in [-0.2, 0) is 27.2 Å². The largest absolute Gasteiger partial charge is 0.452 e. The fraction of sp³-hybridized carbons (Fsp3) is 0.292. The van der Waals surface area contributed by atoms with Crippen LogP contribution in [0.25, 0.3) is 10.9 Å². The first-order valence-corrected chi connectivity index (χ1v) is 10.9. The quantitative estimate of drug-likeness (QED) is 0.553. The minimum absolute atomic E-state index is 0.191. The van der Waals surface area contributed by atoms with Gasteiger partial charge in [0.2, 0.25) is 5.91 Å². The molecule has 0 fully saturated rings. The number of para-hydroxylation sites is 1. The maximum Gasteiger partial charge on any atom is 0.338 e. The highest BCUT2D eigenvalue weighted by Gasteiger charge is 2.19. The maximum absolute atomic E-state index is 12.5. The Balaban J connectivity index is 1.32. The van der Waals surface area contributed by atoms with Crippen molar-refractivity contribution in [2.75, 3.05) is 25.5 Å².